The van der Waals surface area contributed by atoms with E-state index in [-0.39, 0.29) is 116 Å². The second-order valence-electron chi connectivity index (χ2n) is 12.4. The molecule has 9 nitrogen and oxygen atoms in total. The number of hydrogen-bond acceptors (Lipinski definition) is 5. The third-order valence-corrected chi connectivity index (χ3v) is 8.63. The number of nitrogens with one attached hydrogen (secondary N) is 4. The number of aromatic nitrogens is 5. The molecule has 276 valence electrons. The number of nitrogens with zero attached hydrogens (tertiary/aromatic N) is 1. The first-order chi connectivity index (χ1) is 26.9. The molecule has 0 bridgehead atoms. The molecule has 0 aliphatic carbocycles. The van der Waals surface area contributed by atoms with Crippen LogP contribution in [0.3, 0.4) is 0 Å². The van der Waals surface area contributed by atoms with Crippen molar-refractivity contribution in [1.82, 2.24) is 5.10 Å². The molecule has 0 atom stereocenters. The average Bonchev–Trinajstić information content (AvgIpc) is 3.74. The molecule has 4 heterocycles. The number of rotatable bonds is 2. The molecular formula is C46H35FLi5N5O4+4. The number of fused-ring (bicyclic) bond motifs is 5. The first kappa shape index (κ1) is 54.3. The van der Waals surface area contributed by atoms with E-state index >= 15 is 0 Å². The smallest absolute Gasteiger partial charge is 1.00 e. The maximum atomic E-state index is 11.6. The maximum absolute atomic E-state index is 11.6. The van der Waals surface area contributed by atoms with E-state index in [1.807, 2.05) is 134 Å². The number of hydrogen-bond donors (Lipinski definition) is 0. The zero-order chi connectivity index (χ0) is 38.0. The molecule has 0 amide bonds. The summed E-state index contributed by atoms with van der Waals surface area (Å²) in [6.07, 6.45) is 3.63. The Morgan fingerprint density at radius 2 is 1.10 bits per heavy atom. The van der Waals surface area contributed by atoms with Gasteiger partial charge in [0.2, 0.25) is 16.6 Å². The van der Waals surface area contributed by atoms with Crippen molar-refractivity contribution in [1.29, 1.82) is 0 Å². The van der Waals surface area contributed by atoms with E-state index in [1.165, 1.54) is 0 Å². The molecule has 0 fully saturated rings. The molecule has 4 aromatic heterocycles. The van der Waals surface area contributed by atoms with Crippen LogP contribution in [0.15, 0.2) is 175 Å². The Kier molecular flexibility index (Phi) is 23.6. The average molecular weight is 776 g/mol. The molecule has 10 aromatic rings. The summed E-state index contributed by atoms with van der Waals surface area (Å²) in [5, 5.41) is 46.2. The minimum Gasteiger partial charge on any atom is -1.00 e. The van der Waals surface area contributed by atoms with Crippen LogP contribution in [-0.2, 0) is 0 Å². The van der Waals surface area contributed by atoms with E-state index in [9.17, 15) is 15.3 Å². The number of halogens is 1. The van der Waals surface area contributed by atoms with Crippen molar-refractivity contribution in [2.45, 2.75) is 6.92 Å². The van der Waals surface area contributed by atoms with Crippen molar-refractivity contribution in [2.75, 3.05) is 0 Å². The Hall–Kier alpha value is -4.73. The quantitative estimate of drug-likeness (QED) is 0.0972. The van der Waals surface area contributed by atoms with Crippen molar-refractivity contribution in [3.05, 3.63) is 182 Å². The van der Waals surface area contributed by atoms with E-state index in [0.29, 0.717) is 28.3 Å². The number of para-hydroxylation sites is 3. The van der Waals surface area contributed by atoms with E-state index in [4.69, 9.17) is 4.42 Å². The van der Waals surface area contributed by atoms with Gasteiger partial charge in [-0.1, -0.05) is 72.8 Å². The molecule has 6 aromatic carbocycles. The summed E-state index contributed by atoms with van der Waals surface area (Å²) < 4.78 is 5.66. The fourth-order valence-corrected chi connectivity index (χ4v) is 5.92. The number of H-pyrrole nitrogens is 4. The standard InChI is InChI=1S/C14H9N2O.C13H9NO.C10H9NO.C9H7NO.FH.5Li/c1-3-7-11(8-4-1)13-15-16-14(17-13)12-9-5-2-6-10-12;15-12-7-3-6-11-10-5-2-1-4-9(10)8-14-13(11)12;1-7-5-6-8-3-2-4-9(12)10(8)11-7;11-8-5-1-3-7-4-2-6-10-9(7)8;;;;;;/h1-9H;1-8,15H;2-6,12H,1H3;1-6,11H;1H;;;;;/q-1;;;;;5*+1. The van der Waals surface area contributed by atoms with Gasteiger partial charge in [-0.15, -0.1) is 35.4 Å². The molecular weight excluding hydrogens is 740 g/mol. The predicted molar refractivity (Wildman–Crippen MR) is 205 cm³/mol. The van der Waals surface area contributed by atoms with Crippen molar-refractivity contribution < 1.29 is 139 Å². The largest absolute Gasteiger partial charge is 1.00 e. The van der Waals surface area contributed by atoms with Gasteiger partial charge in [-0.25, -0.2) is 15.0 Å². The van der Waals surface area contributed by atoms with Crippen LogP contribution in [-0.4, -0.2) is 5.10 Å². The number of benzene rings is 6. The van der Waals surface area contributed by atoms with E-state index < -0.39 is 0 Å². The van der Waals surface area contributed by atoms with Gasteiger partial charge in [-0.05, 0) is 71.3 Å². The van der Waals surface area contributed by atoms with Crippen LogP contribution >= 0.6 is 0 Å². The zero-order valence-electron chi connectivity index (χ0n) is 35.1. The number of pyridine rings is 3. The van der Waals surface area contributed by atoms with Gasteiger partial charge in [-0.2, -0.15) is 0 Å². The number of aromatic amines is 4. The van der Waals surface area contributed by atoms with Crippen LogP contribution in [0.2, 0.25) is 0 Å². The topological polar surface area (TPSA) is 152 Å². The monoisotopic (exact) mass is 775 g/mol. The Labute approximate surface area is 412 Å². The summed E-state index contributed by atoms with van der Waals surface area (Å²) in [4.78, 5) is 9.00. The maximum Gasteiger partial charge on any atom is 1.00 e. The van der Waals surface area contributed by atoms with Crippen LogP contribution in [0.1, 0.15) is 5.69 Å². The minimum absolute atomic E-state index is 0. The Morgan fingerprint density at radius 1 is 0.525 bits per heavy atom. The fraction of sp³-hybridized carbons (Fsp3) is 0.0217. The molecule has 0 aliphatic heterocycles. The number of aryl methyl sites for hydroxylation is 1. The summed E-state index contributed by atoms with van der Waals surface area (Å²) in [6.45, 7) is 1.94. The summed E-state index contributed by atoms with van der Waals surface area (Å²) in [5.41, 5.74) is 4.86. The van der Waals surface area contributed by atoms with Crippen LogP contribution in [0.4, 0.5) is 0 Å². The molecule has 0 unspecified atom stereocenters. The van der Waals surface area contributed by atoms with Crippen molar-refractivity contribution in [2.24, 2.45) is 0 Å². The predicted octanol–water partition coefficient (Wildman–Crippen LogP) is -11.7. The van der Waals surface area contributed by atoms with Crippen LogP contribution in [0.5, 0.6) is 17.2 Å². The summed E-state index contributed by atoms with van der Waals surface area (Å²) in [7, 11) is 0. The van der Waals surface area contributed by atoms with E-state index in [1.54, 1.807) is 42.6 Å². The van der Waals surface area contributed by atoms with Gasteiger partial charge >= 0.3 is 100 Å². The first-order valence-electron chi connectivity index (χ1n) is 17.5. The first-order valence-corrected chi connectivity index (χ1v) is 17.5. The van der Waals surface area contributed by atoms with Crippen LogP contribution in [0.25, 0.3) is 66.4 Å². The normalized spacial score (nSPS) is 9.46. The third kappa shape index (κ3) is 13.9. The Balaban J connectivity index is 0.000000399. The van der Waals surface area contributed by atoms with E-state index in [2.05, 4.69) is 31.2 Å². The van der Waals surface area contributed by atoms with Crippen LogP contribution < -0.4 is 134 Å². The van der Waals surface area contributed by atoms with Crippen molar-refractivity contribution in [3.63, 3.8) is 0 Å². The fourth-order valence-electron chi connectivity index (χ4n) is 5.92. The molecule has 10 rings (SSSR count). The van der Waals surface area contributed by atoms with Crippen molar-refractivity contribution >= 4 is 43.5 Å². The van der Waals surface area contributed by atoms with Gasteiger partial charge < -0.3 is 24.4 Å². The third-order valence-electron chi connectivity index (χ3n) is 8.63. The zero-order valence-corrected chi connectivity index (χ0v) is 35.1. The second kappa shape index (κ2) is 26.6. The summed E-state index contributed by atoms with van der Waals surface area (Å²) in [6, 6.07) is 52.0. The van der Waals surface area contributed by atoms with Crippen LogP contribution in [0, 0.1) is 13.0 Å². The SMILES string of the molecule is Cc1ccc2cccc([O-])c2[nH+]1.[F-].[Li+].[Li+].[Li+].[Li+].[Li+].[O-]c1cccc2c1[nH+]cc1ccccc12.[O-]c1cccc2ccc[nH+]c12.[c-]1ccccc1-c1[nH+]nc(-c2ccccc2)o1. The van der Waals surface area contributed by atoms with Gasteiger partial charge in [0.15, 0.2) is 18.1 Å². The van der Waals surface area contributed by atoms with E-state index in [0.717, 1.165) is 43.8 Å². The van der Waals surface area contributed by atoms with Gasteiger partial charge in [0, 0.05) is 51.3 Å². The molecule has 4 N–H and O–H groups in total. The Morgan fingerprint density at radius 3 is 1.79 bits per heavy atom. The summed E-state index contributed by atoms with van der Waals surface area (Å²) >= 11 is 0. The molecule has 0 spiro atoms. The van der Waals surface area contributed by atoms with Crippen molar-refractivity contribution in [3.8, 4) is 40.2 Å². The molecule has 61 heavy (non-hydrogen) atoms. The van der Waals surface area contributed by atoms with Gasteiger partial charge in [-0.3, -0.25) is 0 Å². The van der Waals surface area contributed by atoms with Gasteiger partial charge in [0.05, 0.1) is 5.39 Å². The second-order valence-corrected chi connectivity index (χ2v) is 12.4. The van der Waals surface area contributed by atoms with Gasteiger partial charge in [0.1, 0.15) is 0 Å². The minimum atomic E-state index is 0. The molecule has 0 saturated carbocycles. The Bertz CT molecular complexity index is 2800. The molecule has 0 aliphatic rings. The van der Waals surface area contributed by atoms with Gasteiger partial charge in [0.25, 0.3) is 5.89 Å². The molecule has 0 saturated heterocycles. The molecule has 0 radical (unpaired) electrons. The summed E-state index contributed by atoms with van der Waals surface area (Å²) in [5.74, 6) is 1.33. The molecule has 15 heteroatoms.